The van der Waals surface area contributed by atoms with Crippen molar-refractivity contribution in [2.24, 2.45) is 0 Å². The summed E-state index contributed by atoms with van der Waals surface area (Å²) in [4.78, 5) is 6.98. The van der Waals surface area contributed by atoms with Gasteiger partial charge in [-0.2, -0.15) is 0 Å². The highest BCUT2D eigenvalue weighted by Gasteiger charge is 2.36. The van der Waals surface area contributed by atoms with E-state index in [-0.39, 0.29) is 5.79 Å². The summed E-state index contributed by atoms with van der Waals surface area (Å²) in [7, 11) is 13.0. The number of hydrogen-bond acceptors (Lipinski definition) is 3. The first-order valence-electron chi connectivity index (χ1n) is 7.97. The summed E-state index contributed by atoms with van der Waals surface area (Å²) in [5, 5.41) is 0. The summed E-state index contributed by atoms with van der Waals surface area (Å²) in [6.07, 6.45) is 10.3. The maximum absolute atomic E-state index is 5.69. The van der Waals surface area contributed by atoms with Crippen LogP contribution in [0.1, 0.15) is 51.4 Å². The van der Waals surface area contributed by atoms with Crippen molar-refractivity contribution in [1.82, 2.24) is 14.7 Å². The van der Waals surface area contributed by atoms with Crippen LogP contribution in [0.4, 0.5) is 0 Å². The lowest BCUT2D eigenvalue weighted by Crippen LogP contribution is -2.63. The monoisotopic (exact) mass is 305 g/mol. The molecule has 0 aromatic heterocycles. The Hall–Kier alpha value is 0.170. The van der Waals surface area contributed by atoms with Crippen LogP contribution in [0.3, 0.4) is 0 Å². The zero-order valence-electron chi connectivity index (χ0n) is 14.6. The summed E-state index contributed by atoms with van der Waals surface area (Å²) < 4.78 is 0. The van der Waals surface area contributed by atoms with Gasteiger partial charge in [0.2, 0.25) is 0 Å². The van der Waals surface area contributed by atoms with Gasteiger partial charge in [0.05, 0.1) is 0 Å². The molecule has 0 aromatic carbocycles. The molecule has 0 radical (unpaired) electrons. The molecule has 0 N–H and O–H groups in total. The van der Waals surface area contributed by atoms with E-state index in [1.54, 1.807) is 0 Å². The number of rotatable bonds is 12. The van der Waals surface area contributed by atoms with Gasteiger partial charge in [-0.1, -0.05) is 32.1 Å². The second-order valence-corrected chi connectivity index (χ2v) is 6.75. The van der Waals surface area contributed by atoms with Crippen LogP contribution >= 0.6 is 11.6 Å². The molecule has 0 aliphatic rings. The Morgan fingerprint density at radius 2 is 0.950 bits per heavy atom. The Bertz CT molecular complexity index is 208. The number of hydrogen-bond donors (Lipinski definition) is 0. The molecule has 4 heteroatoms. The van der Waals surface area contributed by atoms with Crippen molar-refractivity contribution in [3.05, 3.63) is 0 Å². The standard InChI is InChI=1S/C16H36ClN3/c1-18(2)16(19(3)4,20(5)6)14-12-10-8-7-9-11-13-15-17/h7-15H2,1-6H3. The molecule has 0 spiro atoms. The van der Waals surface area contributed by atoms with E-state index >= 15 is 0 Å². The van der Waals surface area contributed by atoms with E-state index in [9.17, 15) is 0 Å². The highest BCUT2D eigenvalue weighted by atomic mass is 35.5. The summed E-state index contributed by atoms with van der Waals surface area (Å²) in [6, 6.07) is 0. The zero-order chi connectivity index (χ0) is 15.6. The Labute approximate surface area is 132 Å². The minimum atomic E-state index is 0.0264. The maximum Gasteiger partial charge on any atom is 0.129 e. The predicted molar refractivity (Wildman–Crippen MR) is 91.4 cm³/mol. The van der Waals surface area contributed by atoms with Gasteiger partial charge in [0.15, 0.2) is 0 Å². The maximum atomic E-state index is 5.69. The first-order valence-corrected chi connectivity index (χ1v) is 8.51. The molecule has 0 saturated heterocycles. The molecular formula is C16H36ClN3. The highest BCUT2D eigenvalue weighted by Crippen LogP contribution is 2.25. The Balaban J connectivity index is 4.04. The van der Waals surface area contributed by atoms with E-state index in [0.29, 0.717) is 0 Å². The third-order valence-corrected chi connectivity index (χ3v) is 4.56. The number of unbranched alkanes of at least 4 members (excludes halogenated alkanes) is 6. The van der Waals surface area contributed by atoms with Crippen molar-refractivity contribution in [2.45, 2.75) is 57.2 Å². The largest absolute Gasteiger partial charge is 0.279 e. The van der Waals surface area contributed by atoms with Gasteiger partial charge in [0.25, 0.3) is 0 Å². The average molecular weight is 306 g/mol. The molecule has 0 unspecified atom stereocenters. The molecule has 0 amide bonds. The van der Waals surface area contributed by atoms with Gasteiger partial charge in [-0.05, 0) is 61.5 Å². The fraction of sp³-hybridized carbons (Fsp3) is 1.00. The van der Waals surface area contributed by atoms with Gasteiger partial charge in [-0.15, -0.1) is 11.6 Å². The van der Waals surface area contributed by atoms with Crippen LogP contribution in [0.15, 0.2) is 0 Å². The second kappa shape index (κ2) is 10.8. The molecule has 122 valence electrons. The van der Waals surface area contributed by atoms with Crippen molar-refractivity contribution < 1.29 is 0 Å². The van der Waals surface area contributed by atoms with Gasteiger partial charge in [-0.3, -0.25) is 14.7 Å². The van der Waals surface area contributed by atoms with Gasteiger partial charge in [0.1, 0.15) is 5.79 Å². The van der Waals surface area contributed by atoms with Gasteiger partial charge in [0, 0.05) is 5.88 Å². The highest BCUT2D eigenvalue weighted by molar-refractivity contribution is 6.17. The van der Waals surface area contributed by atoms with Crippen molar-refractivity contribution in [1.29, 1.82) is 0 Å². The van der Waals surface area contributed by atoms with Crippen LogP contribution in [0, 0.1) is 0 Å². The Morgan fingerprint density at radius 1 is 0.600 bits per heavy atom. The molecule has 0 heterocycles. The smallest absolute Gasteiger partial charge is 0.129 e. The van der Waals surface area contributed by atoms with Crippen molar-refractivity contribution in [3.63, 3.8) is 0 Å². The van der Waals surface area contributed by atoms with Gasteiger partial charge in [-0.25, -0.2) is 0 Å². The van der Waals surface area contributed by atoms with Crippen molar-refractivity contribution in [3.8, 4) is 0 Å². The molecule has 0 aliphatic carbocycles. The topological polar surface area (TPSA) is 9.72 Å². The third-order valence-electron chi connectivity index (χ3n) is 4.29. The van der Waals surface area contributed by atoms with Gasteiger partial charge < -0.3 is 0 Å². The number of nitrogens with zero attached hydrogens (tertiary/aromatic N) is 3. The zero-order valence-corrected chi connectivity index (χ0v) is 15.3. The molecule has 20 heavy (non-hydrogen) atoms. The van der Waals surface area contributed by atoms with E-state index < -0.39 is 0 Å². The number of halogens is 1. The molecule has 0 saturated carbocycles. The molecule has 0 bridgehead atoms. The summed E-state index contributed by atoms with van der Waals surface area (Å²) in [5.41, 5.74) is 0. The van der Waals surface area contributed by atoms with Crippen LogP contribution in [0.5, 0.6) is 0 Å². The molecular weight excluding hydrogens is 270 g/mol. The average Bonchev–Trinajstić information content (AvgIpc) is 2.35. The van der Waals surface area contributed by atoms with E-state index in [0.717, 1.165) is 5.88 Å². The molecule has 0 atom stereocenters. The lowest BCUT2D eigenvalue weighted by molar-refractivity contribution is -0.115. The van der Waals surface area contributed by atoms with Crippen LogP contribution in [0.25, 0.3) is 0 Å². The molecule has 0 rings (SSSR count). The lowest BCUT2D eigenvalue weighted by Gasteiger charge is -2.50. The van der Waals surface area contributed by atoms with E-state index in [4.69, 9.17) is 11.6 Å². The second-order valence-electron chi connectivity index (χ2n) is 6.37. The quantitative estimate of drug-likeness (QED) is 0.309. The van der Waals surface area contributed by atoms with E-state index in [2.05, 4.69) is 57.0 Å². The summed E-state index contributed by atoms with van der Waals surface area (Å²) >= 11 is 5.69. The van der Waals surface area contributed by atoms with Crippen LogP contribution in [-0.4, -0.2) is 68.7 Å². The van der Waals surface area contributed by atoms with Crippen LogP contribution in [0.2, 0.25) is 0 Å². The van der Waals surface area contributed by atoms with E-state index in [1.807, 2.05) is 0 Å². The summed E-state index contributed by atoms with van der Waals surface area (Å²) in [6.45, 7) is 0. The van der Waals surface area contributed by atoms with E-state index in [1.165, 1.54) is 51.4 Å². The first-order chi connectivity index (χ1) is 9.39. The molecule has 3 nitrogen and oxygen atoms in total. The predicted octanol–water partition coefficient (Wildman–Crippen LogP) is 3.68. The Kier molecular flexibility index (Phi) is 10.9. The third kappa shape index (κ3) is 6.30. The number of alkyl halides is 1. The minimum absolute atomic E-state index is 0.0264. The van der Waals surface area contributed by atoms with Crippen LogP contribution in [-0.2, 0) is 0 Å². The van der Waals surface area contributed by atoms with Crippen molar-refractivity contribution in [2.75, 3.05) is 48.2 Å². The summed E-state index contributed by atoms with van der Waals surface area (Å²) in [5.74, 6) is 0.843. The molecule has 0 aliphatic heterocycles. The molecule has 0 aromatic rings. The minimum Gasteiger partial charge on any atom is -0.279 e. The van der Waals surface area contributed by atoms with Gasteiger partial charge >= 0.3 is 0 Å². The SMILES string of the molecule is CN(C)C(CCCCCCCCCCl)(N(C)C)N(C)C. The fourth-order valence-electron chi connectivity index (χ4n) is 3.21. The van der Waals surface area contributed by atoms with Crippen LogP contribution < -0.4 is 0 Å². The fourth-order valence-corrected chi connectivity index (χ4v) is 3.40. The van der Waals surface area contributed by atoms with Crippen molar-refractivity contribution >= 4 is 11.6 Å². The normalized spacial score (nSPS) is 12.9. The lowest BCUT2D eigenvalue weighted by atomic mass is 10.0. The molecule has 0 fully saturated rings. The first kappa shape index (κ1) is 20.2. The Morgan fingerprint density at radius 3 is 1.30 bits per heavy atom.